The summed E-state index contributed by atoms with van der Waals surface area (Å²) >= 11 is 1.72. The Kier molecular flexibility index (Phi) is 7.39. The molecule has 0 spiro atoms. The predicted molar refractivity (Wildman–Crippen MR) is 126 cm³/mol. The first kappa shape index (κ1) is 21.6. The lowest BCUT2D eigenvalue weighted by Crippen LogP contribution is -2.35. The van der Waals surface area contributed by atoms with Gasteiger partial charge in [-0.2, -0.15) is 11.3 Å². The molecule has 1 atom stereocenters. The summed E-state index contributed by atoms with van der Waals surface area (Å²) in [5.41, 5.74) is 5.11. The van der Waals surface area contributed by atoms with E-state index in [1.54, 1.807) is 11.3 Å². The maximum Gasteiger partial charge on any atom is 0.303 e. The summed E-state index contributed by atoms with van der Waals surface area (Å²) in [5.74, 6) is 0.180. The number of benzene rings is 2. The van der Waals surface area contributed by atoms with Crippen molar-refractivity contribution in [2.24, 2.45) is 0 Å². The summed E-state index contributed by atoms with van der Waals surface area (Å²) in [5, 5.41) is 13.1. The van der Waals surface area contributed by atoms with Crippen LogP contribution in [0.25, 0.3) is 11.1 Å². The van der Waals surface area contributed by atoms with E-state index in [1.165, 1.54) is 22.3 Å². The van der Waals surface area contributed by atoms with Gasteiger partial charge in [0, 0.05) is 12.5 Å². The monoisotopic (exact) mass is 435 g/mol. The minimum atomic E-state index is -0.717. The molecular weight excluding hydrogens is 406 g/mol. The van der Waals surface area contributed by atoms with Gasteiger partial charge in [-0.1, -0.05) is 36.4 Å². The van der Waals surface area contributed by atoms with Crippen LogP contribution < -0.4 is 4.74 Å². The summed E-state index contributed by atoms with van der Waals surface area (Å²) in [6.07, 6.45) is 4.12. The molecule has 3 aromatic rings. The van der Waals surface area contributed by atoms with Crippen LogP contribution in [0.3, 0.4) is 0 Å². The maximum atomic E-state index is 10.7. The number of thiophene rings is 1. The summed E-state index contributed by atoms with van der Waals surface area (Å²) < 4.78 is 6.05. The number of hydrogen-bond donors (Lipinski definition) is 1. The molecule has 2 heterocycles. The minimum Gasteiger partial charge on any atom is -0.492 e. The van der Waals surface area contributed by atoms with Crippen LogP contribution in [0, 0.1) is 0 Å². The van der Waals surface area contributed by atoms with Crippen molar-refractivity contribution in [1.29, 1.82) is 0 Å². The zero-order valence-electron chi connectivity index (χ0n) is 17.7. The number of rotatable bonds is 10. The number of carboxylic acid groups (broad SMARTS) is 1. The SMILES string of the molecule is O=C(O)CCCN1CCCC1COc1ccc(Cc2ccc(-c3ccsc3)cc2)cc1. The lowest BCUT2D eigenvalue weighted by molar-refractivity contribution is -0.137. The third-order valence-electron chi connectivity index (χ3n) is 5.92. The highest BCUT2D eigenvalue weighted by Gasteiger charge is 2.24. The molecule has 162 valence electrons. The molecule has 1 aliphatic rings. The third-order valence-corrected chi connectivity index (χ3v) is 6.60. The zero-order valence-corrected chi connectivity index (χ0v) is 18.5. The standard InChI is InChI=1S/C26H29NO3S/c28-26(29)4-2-15-27-14-1-3-24(27)18-30-25-11-7-21(8-12-25)17-20-5-9-22(10-6-20)23-13-16-31-19-23/h5-13,16,19,24H,1-4,14-15,17-18H2,(H,28,29). The smallest absolute Gasteiger partial charge is 0.303 e. The zero-order chi connectivity index (χ0) is 21.5. The van der Waals surface area contributed by atoms with Gasteiger partial charge in [0.25, 0.3) is 0 Å². The molecule has 5 heteroatoms. The van der Waals surface area contributed by atoms with Crippen molar-refractivity contribution < 1.29 is 14.6 Å². The average molecular weight is 436 g/mol. The fourth-order valence-electron chi connectivity index (χ4n) is 4.19. The van der Waals surface area contributed by atoms with E-state index in [1.807, 2.05) is 0 Å². The Hall–Kier alpha value is -2.63. The van der Waals surface area contributed by atoms with E-state index in [4.69, 9.17) is 9.84 Å². The molecule has 1 aromatic heterocycles. The predicted octanol–water partition coefficient (Wildman–Crippen LogP) is 5.71. The van der Waals surface area contributed by atoms with Crippen LogP contribution in [0.1, 0.15) is 36.8 Å². The van der Waals surface area contributed by atoms with Crippen molar-refractivity contribution in [3.8, 4) is 16.9 Å². The van der Waals surface area contributed by atoms with Gasteiger partial charge < -0.3 is 9.84 Å². The van der Waals surface area contributed by atoms with Crippen LogP contribution in [-0.4, -0.2) is 41.7 Å². The van der Waals surface area contributed by atoms with Crippen molar-refractivity contribution in [3.63, 3.8) is 0 Å². The molecule has 0 radical (unpaired) electrons. The maximum absolute atomic E-state index is 10.7. The van der Waals surface area contributed by atoms with E-state index in [-0.39, 0.29) is 6.42 Å². The Bertz CT molecular complexity index is 951. The second-order valence-corrected chi connectivity index (χ2v) is 8.95. The summed E-state index contributed by atoms with van der Waals surface area (Å²) in [6, 6.07) is 19.7. The van der Waals surface area contributed by atoms with Gasteiger partial charge in [0.05, 0.1) is 0 Å². The van der Waals surface area contributed by atoms with E-state index in [0.717, 1.165) is 38.1 Å². The topological polar surface area (TPSA) is 49.8 Å². The Morgan fingerprint density at radius 3 is 2.45 bits per heavy atom. The molecule has 1 N–H and O–H groups in total. The minimum absolute atomic E-state index is 0.238. The van der Waals surface area contributed by atoms with E-state index in [2.05, 4.69) is 70.3 Å². The molecule has 4 rings (SSSR count). The van der Waals surface area contributed by atoms with Crippen molar-refractivity contribution in [2.45, 2.75) is 38.1 Å². The van der Waals surface area contributed by atoms with Crippen LogP contribution >= 0.6 is 11.3 Å². The highest BCUT2D eigenvalue weighted by Crippen LogP contribution is 2.24. The molecule has 0 saturated carbocycles. The second-order valence-electron chi connectivity index (χ2n) is 8.17. The molecule has 1 saturated heterocycles. The number of hydrogen-bond acceptors (Lipinski definition) is 4. The van der Waals surface area contributed by atoms with Crippen molar-refractivity contribution >= 4 is 17.3 Å². The van der Waals surface area contributed by atoms with Crippen LogP contribution in [0.15, 0.2) is 65.4 Å². The van der Waals surface area contributed by atoms with Crippen LogP contribution in [0.2, 0.25) is 0 Å². The molecule has 0 aliphatic carbocycles. The quantitative estimate of drug-likeness (QED) is 0.443. The van der Waals surface area contributed by atoms with E-state index >= 15 is 0 Å². The number of nitrogens with zero attached hydrogens (tertiary/aromatic N) is 1. The van der Waals surface area contributed by atoms with Gasteiger partial charge in [-0.15, -0.1) is 0 Å². The molecule has 0 amide bonds. The Balaban J connectivity index is 1.26. The summed E-state index contributed by atoms with van der Waals surface area (Å²) in [7, 11) is 0. The molecule has 1 unspecified atom stereocenters. The molecule has 1 aliphatic heterocycles. The molecule has 2 aromatic carbocycles. The fourth-order valence-corrected chi connectivity index (χ4v) is 4.85. The first-order valence-electron chi connectivity index (χ1n) is 11.0. The number of likely N-dealkylation sites (tertiary alicyclic amines) is 1. The normalized spacial score (nSPS) is 16.5. The lowest BCUT2D eigenvalue weighted by Gasteiger charge is -2.24. The van der Waals surface area contributed by atoms with E-state index in [9.17, 15) is 4.79 Å². The Morgan fingerprint density at radius 1 is 1.03 bits per heavy atom. The van der Waals surface area contributed by atoms with Gasteiger partial charge in [0.1, 0.15) is 12.4 Å². The van der Waals surface area contributed by atoms with Crippen molar-refractivity contribution in [2.75, 3.05) is 19.7 Å². The lowest BCUT2D eigenvalue weighted by atomic mass is 10.0. The molecule has 0 bridgehead atoms. The van der Waals surface area contributed by atoms with Gasteiger partial charge in [0.15, 0.2) is 0 Å². The summed E-state index contributed by atoms with van der Waals surface area (Å²) in [4.78, 5) is 13.1. The summed E-state index contributed by atoms with van der Waals surface area (Å²) in [6.45, 7) is 2.54. The van der Waals surface area contributed by atoms with Crippen molar-refractivity contribution in [3.05, 3.63) is 76.5 Å². The molecule has 1 fully saturated rings. The van der Waals surface area contributed by atoms with E-state index < -0.39 is 5.97 Å². The average Bonchev–Trinajstić information content (AvgIpc) is 3.46. The van der Waals surface area contributed by atoms with Gasteiger partial charge in [-0.05, 0) is 90.0 Å². The van der Waals surface area contributed by atoms with Gasteiger partial charge in [0.2, 0.25) is 0 Å². The Morgan fingerprint density at radius 2 is 1.77 bits per heavy atom. The molecule has 31 heavy (non-hydrogen) atoms. The van der Waals surface area contributed by atoms with Crippen LogP contribution in [0.4, 0.5) is 0 Å². The number of carbonyl (C=O) groups is 1. The number of ether oxygens (including phenoxy) is 1. The number of aliphatic carboxylic acids is 1. The largest absolute Gasteiger partial charge is 0.492 e. The molecular formula is C26H29NO3S. The molecule has 4 nitrogen and oxygen atoms in total. The second kappa shape index (κ2) is 10.6. The van der Waals surface area contributed by atoms with E-state index in [0.29, 0.717) is 19.1 Å². The van der Waals surface area contributed by atoms with Crippen LogP contribution in [-0.2, 0) is 11.2 Å². The Labute approximate surface area is 188 Å². The van der Waals surface area contributed by atoms with Gasteiger partial charge in [-0.25, -0.2) is 0 Å². The highest BCUT2D eigenvalue weighted by molar-refractivity contribution is 7.08. The van der Waals surface area contributed by atoms with Gasteiger partial charge >= 0.3 is 5.97 Å². The fraction of sp³-hybridized carbons (Fsp3) is 0.346. The highest BCUT2D eigenvalue weighted by atomic mass is 32.1. The third kappa shape index (κ3) is 6.18. The first-order valence-corrected chi connectivity index (χ1v) is 11.9. The van der Waals surface area contributed by atoms with Gasteiger partial charge in [-0.3, -0.25) is 9.69 Å². The van der Waals surface area contributed by atoms with Crippen molar-refractivity contribution in [1.82, 2.24) is 4.90 Å². The first-order chi connectivity index (χ1) is 15.2. The van der Waals surface area contributed by atoms with Crippen LogP contribution in [0.5, 0.6) is 5.75 Å². The number of carboxylic acids is 1.